The molecule has 1 saturated carbocycles. The lowest BCUT2D eigenvalue weighted by atomic mass is 10.0. The summed E-state index contributed by atoms with van der Waals surface area (Å²) in [5, 5.41) is 0. The van der Waals surface area contributed by atoms with E-state index in [1.807, 2.05) is 0 Å². The number of carbonyl (C=O) groups is 1. The standard InChI is InChI=1S/C6H6F4O/c7-4(8)6(9,10)5(3-11)1-2-5/h3-4H,1-2H2. The van der Waals surface area contributed by atoms with Gasteiger partial charge < -0.3 is 4.79 Å². The molecule has 11 heavy (non-hydrogen) atoms. The van der Waals surface area contributed by atoms with Crippen molar-refractivity contribution in [3.8, 4) is 0 Å². The molecule has 1 rings (SSSR count). The molecule has 0 spiro atoms. The van der Waals surface area contributed by atoms with Gasteiger partial charge in [0, 0.05) is 0 Å². The van der Waals surface area contributed by atoms with E-state index in [0.29, 0.717) is 0 Å². The van der Waals surface area contributed by atoms with Crippen molar-refractivity contribution >= 4 is 6.29 Å². The Morgan fingerprint density at radius 2 is 1.82 bits per heavy atom. The number of rotatable bonds is 3. The van der Waals surface area contributed by atoms with Gasteiger partial charge in [-0.3, -0.25) is 0 Å². The van der Waals surface area contributed by atoms with Crippen molar-refractivity contribution < 1.29 is 22.4 Å². The maximum Gasteiger partial charge on any atom is 0.319 e. The zero-order chi connectivity index (χ0) is 8.70. The summed E-state index contributed by atoms with van der Waals surface area (Å²) in [6.07, 6.45) is -4.06. The van der Waals surface area contributed by atoms with Crippen LogP contribution in [0.15, 0.2) is 0 Å². The lowest BCUT2D eigenvalue weighted by molar-refractivity contribution is -0.175. The van der Waals surface area contributed by atoms with Crippen LogP contribution in [-0.4, -0.2) is 18.6 Å². The van der Waals surface area contributed by atoms with E-state index in [9.17, 15) is 22.4 Å². The van der Waals surface area contributed by atoms with Crippen LogP contribution in [0.3, 0.4) is 0 Å². The largest absolute Gasteiger partial charge is 0.319 e. The topological polar surface area (TPSA) is 17.1 Å². The van der Waals surface area contributed by atoms with Crippen molar-refractivity contribution in [2.45, 2.75) is 25.2 Å². The second-order valence-corrected chi connectivity index (χ2v) is 2.70. The maximum atomic E-state index is 12.4. The van der Waals surface area contributed by atoms with Gasteiger partial charge in [-0.15, -0.1) is 0 Å². The van der Waals surface area contributed by atoms with Gasteiger partial charge in [-0.1, -0.05) is 0 Å². The van der Waals surface area contributed by atoms with Gasteiger partial charge in [-0.25, -0.2) is 8.78 Å². The number of aldehydes is 1. The first-order valence-electron chi connectivity index (χ1n) is 3.08. The molecule has 1 fully saturated rings. The third kappa shape index (κ3) is 1.02. The summed E-state index contributed by atoms with van der Waals surface area (Å²) in [4.78, 5) is 10.0. The monoisotopic (exact) mass is 170 g/mol. The van der Waals surface area contributed by atoms with Gasteiger partial charge in [0.05, 0.1) is 5.41 Å². The Morgan fingerprint density at radius 3 is 1.91 bits per heavy atom. The molecule has 0 aliphatic heterocycles. The molecule has 0 radical (unpaired) electrons. The van der Waals surface area contributed by atoms with Crippen LogP contribution < -0.4 is 0 Å². The average Bonchev–Trinajstić information content (AvgIpc) is 2.66. The summed E-state index contributed by atoms with van der Waals surface area (Å²) in [5.74, 6) is -4.14. The van der Waals surface area contributed by atoms with E-state index >= 15 is 0 Å². The van der Waals surface area contributed by atoms with Crippen LogP contribution in [-0.2, 0) is 4.79 Å². The van der Waals surface area contributed by atoms with Gasteiger partial charge in [0.1, 0.15) is 6.29 Å². The van der Waals surface area contributed by atoms with E-state index in [2.05, 4.69) is 0 Å². The van der Waals surface area contributed by atoms with Crippen molar-refractivity contribution in [1.29, 1.82) is 0 Å². The van der Waals surface area contributed by atoms with Gasteiger partial charge in [0.25, 0.3) is 0 Å². The van der Waals surface area contributed by atoms with E-state index in [0.717, 1.165) is 0 Å². The lowest BCUT2D eigenvalue weighted by Gasteiger charge is -2.20. The minimum Gasteiger partial charge on any atom is -0.303 e. The summed E-state index contributed by atoms with van der Waals surface area (Å²) in [6, 6.07) is 0. The van der Waals surface area contributed by atoms with Crippen LogP contribution in [0.4, 0.5) is 17.6 Å². The maximum absolute atomic E-state index is 12.4. The highest BCUT2D eigenvalue weighted by Gasteiger charge is 2.67. The van der Waals surface area contributed by atoms with Crippen LogP contribution in [0.1, 0.15) is 12.8 Å². The molecule has 5 heteroatoms. The summed E-state index contributed by atoms with van der Waals surface area (Å²) in [5.41, 5.74) is -2.05. The highest BCUT2D eigenvalue weighted by atomic mass is 19.3. The van der Waals surface area contributed by atoms with Crippen molar-refractivity contribution in [2.75, 3.05) is 0 Å². The number of carbonyl (C=O) groups excluding carboxylic acids is 1. The Bertz CT molecular complexity index is 173. The molecular formula is C6H6F4O. The highest BCUT2D eigenvalue weighted by Crippen LogP contribution is 2.57. The Hall–Kier alpha value is -0.610. The van der Waals surface area contributed by atoms with E-state index in [1.54, 1.807) is 0 Å². The molecule has 0 saturated heterocycles. The molecule has 0 N–H and O–H groups in total. The summed E-state index contributed by atoms with van der Waals surface area (Å²) in [6.45, 7) is 0. The minimum absolute atomic E-state index is 0.0564. The Kier molecular flexibility index (Phi) is 1.69. The van der Waals surface area contributed by atoms with E-state index in [1.165, 1.54) is 0 Å². The van der Waals surface area contributed by atoms with Gasteiger partial charge in [-0.2, -0.15) is 8.78 Å². The van der Waals surface area contributed by atoms with Crippen molar-refractivity contribution in [1.82, 2.24) is 0 Å². The van der Waals surface area contributed by atoms with E-state index < -0.39 is 17.8 Å². The molecule has 0 atom stereocenters. The number of hydrogen-bond acceptors (Lipinski definition) is 1. The van der Waals surface area contributed by atoms with Crippen molar-refractivity contribution in [3.63, 3.8) is 0 Å². The summed E-state index contributed by atoms with van der Waals surface area (Å²) in [7, 11) is 0. The molecule has 0 unspecified atom stereocenters. The molecule has 64 valence electrons. The summed E-state index contributed by atoms with van der Waals surface area (Å²) < 4.78 is 48.1. The molecule has 1 aliphatic carbocycles. The number of hydrogen-bond donors (Lipinski definition) is 0. The molecular weight excluding hydrogens is 164 g/mol. The normalized spacial score (nSPS) is 21.9. The first kappa shape index (κ1) is 8.49. The Morgan fingerprint density at radius 1 is 1.36 bits per heavy atom. The van der Waals surface area contributed by atoms with Gasteiger partial charge >= 0.3 is 12.3 Å². The minimum atomic E-state index is -4.14. The predicted molar refractivity (Wildman–Crippen MR) is 28.7 cm³/mol. The molecule has 0 aromatic heterocycles. The fraction of sp³-hybridized carbons (Fsp3) is 0.833. The van der Waals surface area contributed by atoms with Crippen LogP contribution in [0.5, 0.6) is 0 Å². The quantitative estimate of drug-likeness (QED) is 0.466. The van der Waals surface area contributed by atoms with Gasteiger partial charge in [0.2, 0.25) is 0 Å². The molecule has 1 nitrogen and oxygen atoms in total. The first-order valence-corrected chi connectivity index (χ1v) is 3.08. The smallest absolute Gasteiger partial charge is 0.303 e. The third-order valence-corrected chi connectivity index (χ3v) is 1.95. The molecule has 1 aliphatic rings. The zero-order valence-electron chi connectivity index (χ0n) is 5.49. The van der Waals surface area contributed by atoms with Gasteiger partial charge in [0.15, 0.2) is 0 Å². The zero-order valence-corrected chi connectivity index (χ0v) is 5.49. The third-order valence-electron chi connectivity index (χ3n) is 1.95. The highest BCUT2D eigenvalue weighted by molar-refractivity contribution is 5.65. The van der Waals surface area contributed by atoms with Crippen LogP contribution in [0.25, 0.3) is 0 Å². The number of halogens is 4. The summed E-state index contributed by atoms with van der Waals surface area (Å²) >= 11 is 0. The SMILES string of the molecule is O=CC1(C(F)(F)C(F)F)CC1. The Labute approximate surface area is 60.4 Å². The fourth-order valence-electron chi connectivity index (χ4n) is 0.882. The van der Waals surface area contributed by atoms with E-state index in [-0.39, 0.29) is 19.1 Å². The lowest BCUT2D eigenvalue weighted by Crippen LogP contribution is -2.38. The van der Waals surface area contributed by atoms with Crippen LogP contribution in [0.2, 0.25) is 0 Å². The van der Waals surface area contributed by atoms with Crippen LogP contribution >= 0.6 is 0 Å². The Balaban J connectivity index is 2.79. The molecule has 0 amide bonds. The molecule has 0 heterocycles. The predicted octanol–water partition coefficient (Wildman–Crippen LogP) is 1.87. The van der Waals surface area contributed by atoms with Crippen molar-refractivity contribution in [2.24, 2.45) is 5.41 Å². The van der Waals surface area contributed by atoms with E-state index in [4.69, 9.17) is 0 Å². The fourth-order valence-corrected chi connectivity index (χ4v) is 0.882. The van der Waals surface area contributed by atoms with Crippen molar-refractivity contribution in [3.05, 3.63) is 0 Å². The van der Waals surface area contributed by atoms with Gasteiger partial charge in [-0.05, 0) is 12.8 Å². The van der Waals surface area contributed by atoms with Crippen LogP contribution in [0, 0.1) is 5.41 Å². The molecule has 0 aromatic carbocycles. The molecule has 0 bridgehead atoms. The average molecular weight is 170 g/mol. The second kappa shape index (κ2) is 2.19. The number of alkyl halides is 4. The second-order valence-electron chi connectivity index (χ2n) is 2.70. The first-order chi connectivity index (χ1) is 4.96. The molecule has 0 aromatic rings.